The number of fused-ring (bicyclic) bond motifs is 1. The zero-order valence-electron chi connectivity index (χ0n) is 22.9. The summed E-state index contributed by atoms with van der Waals surface area (Å²) in [6.07, 6.45) is 5.40. The van der Waals surface area contributed by atoms with Crippen molar-refractivity contribution in [1.29, 1.82) is 0 Å². The van der Waals surface area contributed by atoms with Crippen LogP contribution in [0.4, 0.5) is 5.69 Å². The van der Waals surface area contributed by atoms with Crippen molar-refractivity contribution in [2.75, 3.05) is 31.6 Å². The second kappa shape index (κ2) is 13.8. The summed E-state index contributed by atoms with van der Waals surface area (Å²) < 4.78 is 0. The molecule has 1 aliphatic heterocycles. The number of hydrazine groups is 1. The minimum Gasteiger partial charge on any atom is -0.355 e. The van der Waals surface area contributed by atoms with Crippen molar-refractivity contribution in [3.8, 4) is 11.4 Å². The van der Waals surface area contributed by atoms with Gasteiger partial charge in [0.05, 0.1) is 13.1 Å². The van der Waals surface area contributed by atoms with Gasteiger partial charge in [-0.3, -0.25) is 14.6 Å². The van der Waals surface area contributed by atoms with Gasteiger partial charge in [-0.05, 0) is 54.5 Å². The van der Waals surface area contributed by atoms with E-state index in [9.17, 15) is 9.59 Å². The van der Waals surface area contributed by atoms with Crippen molar-refractivity contribution in [2.24, 2.45) is 5.92 Å². The van der Waals surface area contributed by atoms with E-state index in [0.29, 0.717) is 31.4 Å². The summed E-state index contributed by atoms with van der Waals surface area (Å²) >= 11 is 0. The van der Waals surface area contributed by atoms with Crippen molar-refractivity contribution >= 4 is 17.5 Å². The SMILES string of the molecule is C.Cc1ccc(-c2ncccn2)cc1N(CC(=O)NCCCC(C)C)CC(=O)N(C)N1Cc2ccccc2C1. The van der Waals surface area contributed by atoms with E-state index >= 15 is 0 Å². The van der Waals surface area contributed by atoms with E-state index < -0.39 is 0 Å². The summed E-state index contributed by atoms with van der Waals surface area (Å²) in [5.74, 6) is 1.02. The van der Waals surface area contributed by atoms with Gasteiger partial charge in [0.25, 0.3) is 5.91 Å². The molecule has 3 aromatic rings. The van der Waals surface area contributed by atoms with Crippen LogP contribution in [0.1, 0.15) is 50.8 Å². The fraction of sp³-hybridized carbons (Fsp3) is 0.419. The molecule has 0 spiro atoms. The normalized spacial score (nSPS) is 12.5. The molecular formula is C31H42N6O2. The summed E-state index contributed by atoms with van der Waals surface area (Å²) in [6.45, 7) is 8.51. The lowest BCUT2D eigenvalue weighted by molar-refractivity contribution is -0.145. The maximum absolute atomic E-state index is 13.5. The fourth-order valence-corrected chi connectivity index (χ4v) is 4.68. The molecule has 2 aromatic carbocycles. The van der Waals surface area contributed by atoms with Crippen LogP contribution < -0.4 is 10.2 Å². The second-order valence-electron chi connectivity index (χ2n) is 10.3. The first-order valence-electron chi connectivity index (χ1n) is 13.3. The van der Waals surface area contributed by atoms with Gasteiger partial charge in [0.2, 0.25) is 5.91 Å². The first-order valence-corrected chi connectivity index (χ1v) is 13.3. The number of anilines is 1. The Balaban J connectivity index is 0.00000420. The largest absolute Gasteiger partial charge is 0.355 e. The number of hydrogen-bond acceptors (Lipinski definition) is 6. The third kappa shape index (κ3) is 7.86. The van der Waals surface area contributed by atoms with Gasteiger partial charge in [-0.25, -0.2) is 15.0 Å². The summed E-state index contributed by atoms with van der Waals surface area (Å²) in [6, 6.07) is 16.0. The molecule has 2 amide bonds. The van der Waals surface area contributed by atoms with Crippen LogP contribution in [-0.4, -0.2) is 58.5 Å². The molecule has 0 saturated carbocycles. The van der Waals surface area contributed by atoms with Crippen LogP contribution in [0, 0.1) is 12.8 Å². The van der Waals surface area contributed by atoms with Gasteiger partial charge >= 0.3 is 0 Å². The highest BCUT2D eigenvalue weighted by Crippen LogP contribution is 2.27. The second-order valence-corrected chi connectivity index (χ2v) is 10.3. The zero-order chi connectivity index (χ0) is 27.1. The molecule has 0 saturated heterocycles. The molecule has 0 bridgehead atoms. The van der Waals surface area contributed by atoms with Crippen LogP contribution >= 0.6 is 0 Å². The Bertz CT molecular complexity index is 1220. The predicted octanol–water partition coefficient (Wildman–Crippen LogP) is 4.84. The van der Waals surface area contributed by atoms with E-state index in [1.807, 2.05) is 47.2 Å². The lowest BCUT2D eigenvalue weighted by Crippen LogP contribution is -2.48. The standard InChI is InChI=1S/C30H38N6O2.CH4/c1-22(2)9-7-14-31-28(37)20-35(27-17-24(13-12-23(27)3)30-32-15-8-16-33-30)21-29(38)34(4)36-18-25-10-5-6-11-26(25)19-36;/h5-6,8,10-13,15-17,22H,7,9,14,18-21H2,1-4H3,(H,31,37);1H4. The molecule has 39 heavy (non-hydrogen) atoms. The molecule has 8 heteroatoms. The van der Waals surface area contributed by atoms with E-state index in [-0.39, 0.29) is 32.3 Å². The minimum atomic E-state index is -0.0986. The summed E-state index contributed by atoms with van der Waals surface area (Å²) in [4.78, 5) is 37.1. The molecule has 1 aromatic heterocycles. The van der Waals surface area contributed by atoms with E-state index in [2.05, 4.69) is 41.3 Å². The Kier molecular flexibility index (Phi) is 10.6. The molecule has 0 aliphatic carbocycles. The summed E-state index contributed by atoms with van der Waals surface area (Å²) in [7, 11) is 1.81. The Morgan fingerprint density at radius 2 is 1.67 bits per heavy atom. The number of rotatable bonds is 11. The molecule has 0 atom stereocenters. The first-order chi connectivity index (χ1) is 18.3. The van der Waals surface area contributed by atoms with E-state index in [1.54, 1.807) is 30.5 Å². The van der Waals surface area contributed by atoms with Crippen LogP contribution in [0.2, 0.25) is 0 Å². The number of nitrogens with one attached hydrogen (secondary N) is 1. The number of nitrogens with zero attached hydrogens (tertiary/aromatic N) is 5. The van der Waals surface area contributed by atoms with Gasteiger partial charge in [-0.15, -0.1) is 0 Å². The van der Waals surface area contributed by atoms with Gasteiger partial charge in [0, 0.05) is 50.3 Å². The van der Waals surface area contributed by atoms with Gasteiger partial charge in [-0.2, -0.15) is 0 Å². The van der Waals surface area contributed by atoms with Crippen LogP contribution in [0.25, 0.3) is 11.4 Å². The van der Waals surface area contributed by atoms with Gasteiger partial charge in [0.15, 0.2) is 5.82 Å². The molecule has 2 heterocycles. The predicted molar refractivity (Wildman–Crippen MR) is 157 cm³/mol. The van der Waals surface area contributed by atoms with Crippen molar-refractivity contribution in [3.63, 3.8) is 0 Å². The number of aromatic nitrogens is 2. The highest BCUT2D eigenvalue weighted by molar-refractivity contribution is 5.87. The third-order valence-electron chi connectivity index (χ3n) is 6.92. The first kappa shape index (κ1) is 29.8. The maximum atomic E-state index is 13.5. The van der Waals surface area contributed by atoms with Crippen LogP contribution in [0.15, 0.2) is 60.9 Å². The Morgan fingerprint density at radius 3 is 2.31 bits per heavy atom. The lowest BCUT2D eigenvalue weighted by Gasteiger charge is -2.32. The number of aryl methyl sites for hydroxylation is 1. The van der Waals surface area contributed by atoms with Crippen molar-refractivity contribution < 1.29 is 9.59 Å². The van der Waals surface area contributed by atoms with Gasteiger partial charge in [0.1, 0.15) is 0 Å². The molecule has 1 N–H and O–H groups in total. The number of carbonyl (C=O) groups is 2. The molecule has 8 nitrogen and oxygen atoms in total. The monoisotopic (exact) mass is 530 g/mol. The Labute approximate surface area is 233 Å². The zero-order valence-corrected chi connectivity index (χ0v) is 22.9. The lowest BCUT2D eigenvalue weighted by atomic mass is 10.1. The molecule has 0 fully saturated rings. The molecule has 1 aliphatic rings. The van der Waals surface area contributed by atoms with Crippen molar-refractivity contribution in [2.45, 2.75) is 54.1 Å². The minimum absolute atomic E-state index is 0. The van der Waals surface area contributed by atoms with Crippen molar-refractivity contribution in [3.05, 3.63) is 77.6 Å². The van der Waals surface area contributed by atoms with E-state index in [4.69, 9.17) is 0 Å². The number of hydrogen-bond donors (Lipinski definition) is 1. The number of carbonyl (C=O) groups excluding carboxylic acids is 2. The molecule has 208 valence electrons. The fourth-order valence-electron chi connectivity index (χ4n) is 4.68. The quantitative estimate of drug-likeness (QED) is 0.358. The van der Waals surface area contributed by atoms with Gasteiger partial charge < -0.3 is 10.2 Å². The van der Waals surface area contributed by atoms with Crippen LogP contribution in [0.3, 0.4) is 0 Å². The average Bonchev–Trinajstić information content (AvgIpc) is 3.35. The molecule has 0 radical (unpaired) electrons. The summed E-state index contributed by atoms with van der Waals surface area (Å²) in [5, 5.41) is 6.76. The van der Waals surface area contributed by atoms with E-state index in [1.165, 1.54) is 11.1 Å². The Hall–Kier alpha value is -3.78. The third-order valence-corrected chi connectivity index (χ3v) is 6.92. The molecule has 4 rings (SSSR count). The maximum Gasteiger partial charge on any atom is 0.256 e. The molecular weight excluding hydrogens is 488 g/mol. The van der Waals surface area contributed by atoms with Crippen LogP contribution in [0.5, 0.6) is 0 Å². The van der Waals surface area contributed by atoms with Crippen molar-refractivity contribution in [1.82, 2.24) is 25.3 Å². The highest BCUT2D eigenvalue weighted by Gasteiger charge is 2.27. The topological polar surface area (TPSA) is 81.7 Å². The number of likely N-dealkylation sites (N-methyl/N-ethyl adjacent to an activating group) is 1. The number of benzene rings is 2. The molecule has 0 unspecified atom stereocenters. The van der Waals surface area contributed by atoms with Gasteiger partial charge in [-0.1, -0.05) is 57.7 Å². The highest BCUT2D eigenvalue weighted by atomic mass is 16.2. The van der Waals surface area contributed by atoms with E-state index in [0.717, 1.165) is 29.7 Å². The number of amides is 2. The van der Waals surface area contributed by atoms with Crippen LogP contribution in [-0.2, 0) is 22.7 Å². The smallest absolute Gasteiger partial charge is 0.256 e. The average molecular weight is 531 g/mol. The Morgan fingerprint density at radius 1 is 1.00 bits per heavy atom. The summed E-state index contributed by atoms with van der Waals surface area (Å²) in [5.41, 5.74) is 5.09.